The van der Waals surface area contributed by atoms with Crippen molar-refractivity contribution in [1.29, 1.82) is 0 Å². The number of benzene rings is 1. The molecule has 1 saturated heterocycles. The lowest BCUT2D eigenvalue weighted by molar-refractivity contribution is 0.171. The maximum atomic E-state index is 5.61. The summed E-state index contributed by atoms with van der Waals surface area (Å²) >= 11 is 0. The number of rotatable bonds is 3. The number of fused-ring (bicyclic) bond motifs is 1. The fraction of sp³-hybridized carbons (Fsp3) is 0.471. The average molecular weight is 327 g/mol. The predicted octanol–water partition coefficient (Wildman–Crippen LogP) is 2.77. The molecule has 24 heavy (non-hydrogen) atoms. The maximum absolute atomic E-state index is 5.61. The largest absolute Gasteiger partial charge is 0.486 e. The third-order valence-corrected chi connectivity index (χ3v) is 4.25. The van der Waals surface area contributed by atoms with Crippen molar-refractivity contribution < 1.29 is 9.47 Å². The van der Waals surface area contributed by atoms with Gasteiger partial charge < -0.3 is 19.7 Å². The Morgan fingerprint density at radius 1 is 0.958 bits per heavy atom. The summed E-state index contributed by atoms with van der Waals surface area (Å²) in [5.74, 6) is 2.90. The highest BCUT2D eigenvalue weighted by molar-refractivity contribution is 5.61. The van der Waals surface area contributed by atoms with Gasteiger partial charge >= 0.3 is 0 Å². The molecule has 1 N–H and O–H groups in total. The Morgan fingerprint density at radius 2 is 1.75 bits per heavy atom. The van der Waals surface area contributed by atoms with E-state index in [1.165, 1.54) is 25.7 Å². The van der Waals surface area contributed by atoms with Crippen molar-refractivity contribution in [3.05, 3.63) is 24.4 Å². The van der Waals surface area contributed by atoms with E-state index in [1.54, 1.807) is 6.20 Å². The van der Waals surface area contributed by atoms with Crippen molar-refractivity contribution >= 4 is 17.5 Å². The van der Waals surface area contributed by atoms with E-state index in [9.17, 15) is 0 Å². The number of aromatic nitrogens is 3. The summed E-state index contributed by atoms with van der Waals surface area (Å²) < 4.78 is 11.2. The van der Waals surface area contributed by atoms with Gasteiger partial charge in [0.05, 0.1) is 6.20 Å². The van der Waals surface area contributed by atoms with Crippen LogP contribution in [0.4, 0.5) is 17.5 Å². The molecule has 0 spiro atoms. The standard InChI is InChI=1S/C17H21N5O2/c1-2-4-8-22(7-3-1)17-20-16(12-18-21-17)19-13-5-6-14-15(11-13)24-10-9-23-14/h5-6,11-12H,1-4,7-10H2,(H,19,20,21). The Hall–Kier alpha value is -2.57. The molecule has 0 atom stereocenters. The molecule has 2 aliphatic rings. The summed E-state index contributed by atoms with van der Waals surface area (Å²) in [6, 6.07) is 5.77. The van der Waals surface area contributed by atoms with Crippen LogP contribution in [0.3, 0.4) is 0 Å². The zero-order valence-electron chi connectivity index (χ0n) is 13.6. The molecule has 3 heterocycles. The maximum Gasteiger partial charge on any atom is 0.247 e. The van der Waals surface area contributed by atoms with E-state index < -0.39 is 0 Å². The average Bonchev–Trinajstić information content (AvgIpc) is 2.91. The molecule has 2 aliphatic heterocycles. The second kappa shape index (κ2) is 6.90. The van der Waals surface area contributed by atoms with Gasteiger partial charge in [-0.15, -0.1) is 5.10 Å². The van der Waals surface area contributed by atoms with Crippen LogP contribution in [0.15, 0.2) is 24.4 Å². The van der Waals surface area contributed by atoms with Gasteiger partial charge in [-0.1, -0.05) is 12.8 Å². The highest BCUT2D eigenvalue weighted by Crippen LogP contribution is 2.33. The summed E-state index contributed by atoms with van der Waals surface area (Å²) in [4.78, 5) is 6.83. The topological polar surface area (TPSA) is 72.4 Å². The van der Waals surface area contributed by atoms with E-state index in [2.05, 4.69) is 25.4 Å². The summed E-state index contributed by atoms with van der Waals surface area (Å²) in [6.45, 7) is 3.16. The minimum Gasteiger partial charge on any atom is -0.486 e. The smallest absolute Gasteiger partial charge is 0.247 e. The Morgan fingerprint density at radius 3 is 2.58 bits per heavy atom. The second-order valence-electron chi connectivity index (χ2n) is 6.03. The summed E-state index contributed by atoms with van der Waals surface area (Å²) in [7, 11) is 0. The van der Waals surface area contributed by atoms with Crippen molar-refractivity contribution in [2.75, 3.05) is 36.5 Å². The van der Waals surface area contributed by atoms with Crippen LogP contribution in [0.25, 0.3) is 0 Å². The monoisotopic (exact) mass is 327 g/mol. The van der Waals surface area contributed by atoms with Crippen molar-refractivity contribution in [3.63, 3.8) is 0 Å². The fourth-order valence-electron chi connectivity index (χ4n) is 3.03. The molecule has 126 valence electrons. The predicted molar refractivity (Wildman–Crippen MR) is 91.2 cm³/mol. The van der Waals surface area contributed by atoms with E-state index in [0.717, 1.165) is 30.3 Å². The highest BCUT2D eigenvalue weighted by Gasteiger charge is 2.15. The number of hydrogen-bond donors (Lipinski definition) is 1. The third-order valence-electron chi connectivity index (χ3n) is 4.25. The Kier molecular flexibility index (Phi) is 4.31. The van der Waals surface area contributed by atoms with Gasteiger partial charge in [0.2, 0.25) is 5.95 Å². The first-order valence-corrected chi connectivity index (χ1v) is 8.50. The van der Waals surface area contributed by atoms with Crippen LogP contribution in [-0.4, -0.2) is 41.5 Å². The Bertz CT molecular complexity index is 701. The van der Waals surface area contributed by atoms with E-state index in [4.69, 9.17) is 9.47 Å². The molecule has 7 heteroatoms. The lowest BCUT2D eigenvalue weighted by Crippen LogP contribution is -2.26. The first-order valence-electron chi connectivity index (χ1n) is 8.50. The summed E-state index contributed by atoms with van der Waals surface area (Å²) in [5, 5.41) is 11.6. The van der Waals surface area contributed by atoms with Gasteiger partial charge in [-0.2, -0.15) is 10.1 Å². The first-order chi connectivity index (χ1) is 11.9. The molecule has 0 aliphatic carbocycles. The minimum absolute atomic E-state index is 0.574. The van der Waals surface area contributed by atoms with Crippen LogP contribution in [0.5, 0.6) is 11.5 Å². The second-order valence-corrected chi connectivity index (χ2v) is 6.03. The number of nitrogens with one attached hydrogen (secondary N) is 1. The number of nitrogens with zero attached hydrogens (tertiary/aromatic N) is 4. The summed E-state index contributed by atoms with van der Waals surface area (Å²) in [5.41, 5.74) is 0.890. The molecule has 0 saturated carbocycles. The SMILES string of the molecule is c1cc2c(cc1Nc1cnnc(N3CCCCCC3)n1)OCCO2. The highest BCUT2D eigenvalue weighted by atomic mass is 16.6. The molecular weight excluding hydrogens is 306 g/mol. The van der Waals surface area contributed by atoms with Crippen LogP contribution in [0.1, 0.15) is 25.7 Å². The lowest BCUT2D eigenvalue weighted by atomic mass is 10.2. The molecule has 1 fully saturated rings. The first kappa shape index (κ1) is 15.0. The lowest BCUT2D eigenvalue weighted by Gasteiger charge is -2.20. The van der Waals surface area contributed by atoms with E-state index >= 15 is 0 Å². The zero-order valence-corrected chi connectivity index (χ0v) is 13.6. The molecule has 4 rings (SSSR count). The van der Waals surface area contributed by atoms with Crippen LogP contribution in [0, 0.1) is 0 Å². The van der Waals surface area contributed by atoms with Gasteiger partial charge in [0.25, 0.3) is 0 Å². The Labute approximate surface area is 141 Å². The van der Waals surface area contributed by atoms with Gasteiger partial charge in [-0.05, 0) is 25.0 Å². The normalized spacial score (nSPS) is 17.2. The number of ether oxygens (including phenoxy) is 2. The fourth-order valence-corrected chi connectivity index (χ4v) is 3.03. The van der Waals surface area contributed by atoms with Gasteiger partial charge in [0, 0.05) is 24.8 Å². The third kappa shape index (κ3) is 3.34. The van der Waals surface area contributed by atoms with Gasteiger partial charge in [0.15, 0.2) is 17.3 Å². The van der Waals surface area contributed by atoms with Crippen molar-refractivity contribution in [2.45, 2.75) is 25.7 Å². The van der Waals surface area contributed by atoms with Crippen LogP contribution in [-0.2, 0) is 0 Å². The minimum atomic E-state index is 0.574. The van der Waals surface area contributed by atoms with E-state index in [1.807, 2.05) is 18.2 Å². The molecule has 1 aromatic heterocycles. The molecule has 0 amide bonds. The number of hydrogen-bond acceptors (Lipinski definition) is 7. The van der Waals surface area contributed by atoms with Crippen LogP contribution < -0.4 is 19.7 Å². The molecular formula is C17H21N5O2. The van der Waals surface area contributed by atoms with E-state index in [-0.39, 0.29) is 0 Å². The number of anilines is 3. The van der Waals surface area contributed by atoms with Crippen LogP contribution >= 0.6 is 0 Å². The molecule has 0 radical (unpaired) electrons. The van der Waals surface area contributed by atoms with Crippen LogP contribution in [0.2, 0.25) is 0 Å². The molecule has 7 nitrogen and oxygen atoms in total. The summed E-state index contributed by atoms with van der Waals surface area (Å²) in [6.07, 6.45) is 6.56. The van der Waals surface area contributed by atoms with Crippen molar-refractivity contribution in [3.8, 4) is 11.5 Å². The Balaban J connectivity index is 1.51. The molecule has 0 bridgehead atoms. The van der Waals surface area contributed by atoms with Gasteiger partial charge in [0.1, 0.15) is 13.2 Å². The van der Waals surface area contributed by atoms with E-state index in [0.29, 0.717) is 25.0 Å². The molecule has 2 aromatic rings. The van der Waals surface area contributed by atoms with Gasteiger partial charge in [-0.3, -0.25) is 0 Å². The molecule has 0 unspecified atom stereocenters. The van der Waals surface area contributed by atoms with Gasteiger partial charge in [-0.25, -0.2) is 0 Å². The quantitative estimate of drug-likeness (QED) is 0.929. The van der Waals surface area contributed by atoms with Crippen molar-refractivity contribution in [2.24, 2.45) is 0 Å². The van der Waals surface area contributed by atoms with Crippen molar-refractivity contribution in [1.82, 2.24) is 15.2 Å². The zero-order chi connectivity index (χ0) is 16.2. The molecule has 1 aromatic carbocycles.